The fraction of sp³-hybridized carbons (Fsp3) is 0.579. The number of hydrogen-bond acceptors (Lipinski definition) is 3. The summed E-state index contributed by atoms with van der Waals surface area (Å²) in [6, 6.07) is 10.4. The van der Waals surface area contributed by atoms with Crippen molar-refractivity contribution in [2.75, 3.05) is 38.5 Å². The van der Waals surface area contributed by atoms with Crippen molar-refractivity contribution in [1.29, 1.82) is 0 Å². The van der Waals surface area contributed by atoms with Gasteiger partial charge >= 0.3 is 0 Å². The van der Waals surface area contributed by atoms with E-state index in [2.05, 4.69) is 39.9 Å². The maximum atomic E-state index is 12.0. The van der Waals surface area contributed by atoms with E-state index in [1.54, 1.807) is 0 Å². The summed E-state index contributed by atoms with van der Waals surface area (Å²) in [6.07, 6.45) is 1.52. The number of benzene rings is 1. The first-order valence-electron chi connectivity index (χ1n) is 9.19. The molecule has 1 rings (SSSR count). The van der Waals surface area contributed by atoms with Crippen LogP contribution in [0, 0.1) is 0 Å². The van der Waals surface area contributed by atoms with E-state index < -0.39 is 0 Å². The van der Waals surface area contributed by atoms with Gasteiger partial charge in [0, 0.05) is 44.0 Å². The minimum Gasteiger partial charge on any atom is -0.357 e. The molecule has 0 saturated heterocycles. The molecule has 1 amide bonds. The van der Waals surface area contributed by atoms with Crippen LogP contribution in [-0.4, -0.2) is 55.2 Å². The van der Waals surface area contributed by atoms with Crippen molar-refractivity contribution < 1.29 is 4.79 Å². The molecule has 0 saturated carbocycles. The second-order valence-corrected chi connectivity index (χ2v) is 6.69. The number of nitrogens with one attached hydrogen (secondary N) is 2. The van der Waals surface area contributed by atoms with Crippen LogP contribution in [0.1, 0.15) is 33.6 Å². The maximum absolute atomic E-state index is 12.0. The van der Waals surface area contributed by atoms with Gasteiger partial charge in [0.05, 0.1) is 0 Å². The predicted octanol–water partition coefficient (Wildman–Crippen LogP) is 2.98. The number of amides is 1. The normalized spacial score (nSPS) is 11.2. The molecule has 0 aromatic heterocycles. The van der Waals surface area contributed by atoms with Crippen molar-refractivity contribution in [2.24, 2.45) is 4.99 Å². The quantitative estimate of drug-likeness (QED) is 0.274. The Morgan fingerprint density at radius 2 is 1.84 bits per heavy atom. The molecule has 0 fully saturated rings. The number of rotatable bonds is 11. The lowest BCUT2D eigenvalue weighted by Crippen LogP contribution is -2.40. The van der Waals surface area contributed by atoms with E-state index in [0.717, 1.165) is 44.3 Å². The topological polar surface area (TPSA) is 56.7 Å². The van der Waals surface area contributed by atoms with Gasteiger partial charge in [0.2, 0.25) is 5.91 Å². The number of nitrogens with zero attached hydrogens (tertiary/aromatic N) is 2. The minimum atomic E-state index is 0.188. The molecule has 0 bridgehead atoms. The van der Waals surface area contributed by atoms with Crippen molar-refractivity contribution in [3.63, 3.8) is 0 Å². The molecule has 140 valence electrons. The summed E-state index contributed by atoms with van der Waals surface area (Å²) in [4.78, 5) is 19.7. The summed E-state index contributed by atoms with van der Waals surface area (Å²) in [7, 11) is 0. The van der Waals surface area contributed by atoms with Crippen LogP contribution in [0.5, 0.6) is 0 Å². The molecular formula is C19H32N4OS. The SMILES string of the molecule is CCNC(=NCCCSc1ccccc1)NCCC(=O)N(CC)CC. The van der Waals surface area contributed by atoms with Gasteiger partial charge in [0.1, 0.15) is 0 Å². The molecule has 6 heteroatoms. The van der Waals surface area contributed by atoms with Crippen LogP contribution in [0.4, 0.5) is 0 Å². The molecule has 0 atom stereocenters. The molecule has 0 heterocycles. The predicted molar refractivity (Wildman–Crippen MR) is 108 cm³/mol. The largest absolute Gasteiger partial charge is 0.357 e. The van der Waals surface area contributed by atoms with Crippen molar-refractivity contribution in [3.8, 4) is 0 Å². The fourth-order valence-electron chi connectivity index (χ4n) is 2.33. The van der Waals surface area contributed by atoms with Crippen LogP contribution in [0.25, 0.3) is 0 Å². The lowest BCUT2D eigenvalue weighted by Gasteiger charge is -2.19. The van der Waals surface area contributed by atoms with Crippen LogP contribution < -0.4 is 10.6 Å². The molecule has 1 aromatic carbocycles. The molecule has 2 N–H and O–H groups in total. The highest BCUT2D eigenvalue weighted by molar-refractivity contribution is 7.99. The van der Waals surface area contributed by atoms with Gasteiger partial charge in [0.15, 0.2) is 5.96 Å². The minimum absolute atomic E-state index is 0.188. The van der Waals surface area contributed by atoms with Crippen molar-refractivity contribution >= 4 is 23.6 Å². The first-order chi connectivity index (χ1) is 12.2. The van der Waals surface area contributed by atoms with Gasteiger partial charge in [0.25, 0.3) is 0 Å². The zero-order chi connectivity index (χ0) is 18.3. The monoisotopic (exact) mass is 364 g/mol. The Balaban J connectivity index is 2.27. The molecule has 0 aliphatic rings. The molecule has 0 spiro atoms. The molecule has 25 heavy (non-hydrogen) atoms. The Morgan fingerprint density at radius 3 is 2.48 bits per heavy atom. The number of hydrogen-bond donors (Lipinski definition) is 2. The Hall–Kier alpha value is -1.69. The Labute approximate surface area is 156 Å². The summed E-state index contributed by atoms with van der Waals surface area (Å²) >= 11 is 1.86. The van der Waals surface area contributed by atoms with E-state index in [-0.39, 0.29) is 5.91 Å². The third-order valence-corrected chi connectivity index (χ3v) is 4.77. The average molecular weight is 365 g/mol. The molecule has 1 aromatic rings. The lowest BCUT2D eigenvalue weighted by atomic mass is 10.3. The van der Waals surface area contributed by atoms with Gasteiger partial charge in [-0.3, -0.25) is 9.79 Å². The summed E-state index contributed by atoms with van der Waals surface area (Å²) in [5.41, 5.74) is 0. The highest BCUT2D eigenvalue weighted by atomic mass is 32.2. The average Bonchev–Trinajstić information content (AvgIpc) is 2.63. The molecular weight excluding hydrogens is 332 g/mol. The first-order valence-corrected chi connectivity index (χ1v) is 10.2. The van der Waals surface area contributed by atoms with Gasteiger partial charge in [-0.1, -0.05) is 18.2 Å². The molecule has 0 radical (unpaired) electrons. The number of aliphatic imine (C=N–C) groups is 1. The Bertz CT molecular complexity index is 503. The van der Waals surface area contributed by atoms with E-state index in [1.807, 2.05) is 43.5 Å². The number of thioether (sulfide) groups is 1. The Kier molecular flexibility index (Phi) is 11.6. The van der Waals surface area contributed by atoms with Crippen molar-refractivity contribution in [1.82, 2.24) is 15.5 Å². The third-order valence-electron chi connectivity index (χ3n) is 3.68. The number of guanidine groups is 1. The first kappa shape index (κ1) is 21.4. The van der Waals surface area contributed by atoms with Crippen LogP contribution in [0.3, 0.4) is 0 Å². The lowest BCUT2D eigenvalue weighted by molar-refractivity contribution is -0.130. The molecule has 0 aliphatic heterocycles. The van der Waals surface area contributed by atoms with E-state index in [4.69, 9.17) is 0 Å². The number of carbonyl (C=O) groups is 1. The smallest absolute Gasteiger partial charge is 0.224 e. The highest BCUT2D eigenvalue weighted by Gasteiger charge is 2.08. The fourth-order valence-corrected chi connectivity index (χ4v) is 3.18. The summed E-state index contributed by atoms with van der Waals surface area (Å²) in [5.74, 6) is 2.03. The van der Waals surface area contributed by atoms with Crippen LogP contribution in [0.2, 0.25) is 0 Å². The zero-order valence-corrected chi connectivity index (χ0v) is 16.6. The van der Waals surface area contributed by atoms with Crippen molar-refractivity contribution in [3.05, 3.63) is 30.3 Å². The standard InChI is InChI=1S/C19H32N4OS/c1-4-20-19(22-15-13-18(24)23(5-2)6-3)21-14-10-16-25-17-11-8-7-9-12-17/h7-9,11-12H,4-6,10,13-16H2,1-3H3,(H2,20,21,22). The molecule has 0 aliphatic carbocycles. The second-order valence-electron chi connectivity index (χ2n) is 5.52. The summed E-state index contributed by atoms with van der Waals surface area (Å²) < 4.78 is 0. The molecule has 5 nitrogen and oxygen atoms in total. The summed E-state index contributed by atoms with van der Waals surface area (Å²) in [6.45, 7) is 9.80. The van der Waals surface area contributed by atoms with Gasteiger partial charge in [-0.05, 0) is 45.1 Å². The van der Waals surface area contributed by atoms with Crippen molar-refractivity contribution in [2.45, 2.75) is 38.5 Å². The summed E-state index contributed by atoms with van der Waals surface area (Å²) in [5, 5.41) is 6.48. The van der Waals surface area contributed by atoms with Gasteiger partial charge in [-0.2, -0.15) is 0 Å². The van der Waals surface area contributed by atoms with Gasteiger partial charge in [-0.15, -0.1) is 11.8 Å². The molecule has 0 unspecified atom stereocenters. The van der Waals surface area contributed by atoms with E-state index in [0.29, 0.717) is 13.0 Å². The van der Waals surface area contributed by atoms with Crippen LogP contribution >= 0.6 is 11.8 Å². The van der Waals surface area contributed by atoms with E-state index in [1.165, 1.54) is 4.90 Å². The van der Waals surface area contributed by atoms with Gasteiger partial charge < -0.3 is 15.5 Å². The Morgan fingerprint density at radius 1 is 1.12 bits per heavy atom. The highest BCUT2D eigenvalue weighted by Crippen LogP contribution is 2.17. The number of carbonyl (C=O) groups excluding carboxylic acids is 1. The van der Waals surface area contributed by atoms with Crippen LogP contribution in [-0.2, 0) is 4.79 Å². The second kappa shape index (κ2) is 13.6. The van der Waals surface area contributed by atoms with E-state index in [9.17, 15) is 4.79 Å². The van der Waals surface area contributed by atoms with Crippen LogP contribution in [0.15, 0.2) is 40.2 Å². The maximum Gasteiger partial charge on any atom is 0.224 e. The van der Waals surface area contributed by atoms with Gasteiger partial charge in [-0.25, -0.2) is 0 Å². The zero-order valence-electron chi connectivity index (χ0n) is 15.8. The van der Waals surface area contributed by atoms with E-state index >= 15 is 0 Å². The third kappa shape index (κ3) is 9.39.